The molecule has 6 nitrogen and oxygen atoms in total. The Morgan fingerprint density at radius 3 is 2.55 bits per heavy atom. The van der Waals surface area contributed by atoms with E-state index in [-0.39, 0.29) is 23.7 Å². The number of hydrogen-bond donors (Lipinski definition) is 3. The molecule has 0 spiro atoms. The number of rotatable bonds is 7. The van der Waals surface area contributed by atoms with Gasteiger partial charge in [0.2, 0.25) is 5.91 Å². The minimum absolute atomic E-state index is 0.0302. The average Bonchev–Trinajstić information content (AvgIpc) is 3.46. The highest BCUT2D eigenvalue weighted by Crippen LogP contribution is 2.52. The lowest BCUT2D eigenvalue weighted by atomic mass is 9.94. The van der Waals surface area contributed by atoms with Crippen LogP contribution in [-0.2, 0) is 10.2 Å². The Labute approximate surface area is 177 Å². The molecule has 1 heterocycles. The van der Waals surface area contributed by atoms with E-state index in [1.54, 1.807) is 13.0 Å². The number of ether oxygens (including phenoxy) is 2. The molecule has 1 fully saturated rings. The van der Waals surface area contributed by atoms with Crippen LogP contribution in [0.15, 0.2) is 30.3 Å². The van der Waals surface area contributed by atoms with Crippen molar-refractivity contribution < 1.29 is 32.5 Å². The molecular formula is C22H23F3N2O4. The first-order valence-electron chi connectivity index (χ1n) is 10.1. The summed E-state index contributed by atoms with van der Waals surface area (Å²) in [4.78, 5) is 13.0. The Morgan fingerprint density at radius 2 is 1.87 bits per heavy atom. The van der Waals surface area contributed by atoms with Crippen LogP contribution < -0.4 is 20.1 Å². The van der Waals surface area contributed by atoms with Crippen LogP contribution in [0.1, 0.15) is 37.3 Å². The number of benzene rings is 2. The van der Waals surface area contributed by atoms with Gasteiger partial charge in [-0.15, -0.1) is 8.78 Å². The molecule has 4 rings (SSSR count). The van der Waals surface area contributed by atoms with Gasteiger partial charge in [0.05, 0.1) is 17.2 Å². The van der Waals surface area contributed by atoms with E-state index in [1.165, 1.54) is 24.3 Å². The van der Waals surface area contributed by atoms with Gasteiger partial charge in [-0.1, -0.05) is 13.0 Å². The number of hydrogen-bond acceptors (Lipinski definition) is 5. The molecule has 0 radical (unpaired) electrons. The largest absolute Gasteiger partial charge is 0.586 e. The summed E-state index contributed by atoms with van der Waals surface area (Å²) in [6.45, 7) is 3.90. The van der Waals surface area contributed by atoms with Crippen LogP contribution in [0, 0.1) is 12.7 Å². The summed E-state index contributed by atoms with van der Waals surface area (Å²) in [7, 11) is 0. The predicted molar refractivity (Wildman–Crippen MR) is 108 cm³/mol. The van der Waals surface area contributed by atoms with Crippen LogP contribution >= 0.6 is 0 Å². The van der Waals surface area contributed by atoms with Crippen LogP contribution in [0.2, 0.25) is 0 Å². The van der Waals surface area contributed by atoms with Gasteiger partial charge >= 0.3 is 6.29 Å². The van der Waals surface area contributed by atoms with Gasteiger partial charge in [0.1, 0.15) is 5.82 Å². The third-order valence-corrected chi connectivity index (χ3v) is 5.70. The van der Waals surface area contributed by atoms with Gasteiger partial charge in [-0.2, -0.15) is 0 Å². The summed E-state index contributed by atoms with van der Waals surface area (Å²) < 4.78 is 50.1. The molecule has 1 atom stereocenters. The summed E-state index contributed by atoms with van der Waals surface area (Å²) in [6, 6.07) is 7.05. The highest BCUT2D eigenvalue weighted by atomic mass is 19.3. The third-order valence-electron chi connectivity index (χ3n) is 5.70. The molecule has 3 N–H and O–H groups in total. The number of aryl methyl sites for hydroxylation is 1. The molecule has 0 saturated heterocycles. The normalized spacial score (nSPS) is 18.4. The molecule has 1 aliphatic carbocycles. The zero-order valence-corrected chi connectivity index (χ0v) is 17.1. The Balaban J connectivity index is 1.50. The minimum Gasteiger partial charge on any atom is -0.395 e. The molecule has 0 aromatic heterocycles. The van der Waals surface area contributed by atoms with Gasteiger partial charge in [0, 0.05) is 12.2 Å². The van der Waals surface area contributed by atoms with Crippen molar-refractivity contribution in [2.75, 3.05) is 17.2 Å². The summed E-state index contributed by atoms with van der Waals surface area (Å²) in [5.74, 6) is -1.26. The fraction of sp³-hybridized carbons (Fsp3) is 0.409. The summed E-state index contributed by atoms with van der Waals surface area (Å²) in [6.07, 6.45) is -2.70. The van der Waals surface area contributed by atoms with E-state index in [0.29, 0.717) is 36.1 Å². The second-order valence-electron chi connectivity index (χ2n) is 7.96. The van der Waals surface area contributed by atoms with Gasteiger partial charge in [-0.05, 0) is 61.6 Å². The Bertz CT molecular complexity index is 1020. The molecule has 1 aliphatic heterocycles. The smallest absolute Gasteiger partial charge is 0.395 e. The summed E-state index contributed by atoms with van der Waals surface area (Å²) in [5.41, 5.74) is 0.839. The maximum absolute atomic E-state index is 14.6. The molecule has 1 saturated carbocycles. The van der Waals surface area contributed by atoms with Crippen molar-refractivity contribution in [1.29, 1.82) is 0 Å². The molecule has 0 bridgehead atoms. The van der Waals surface area contributed by atoms with Gasteiger partial charge in [-0.3, -0.25) is 4.79 Å². The molecule has 2 aromatic carbocycles. The monoisotopic (exact) mass is 436 g/mol. The van der Waals surface area contributed by atoms with E-state index in [0.717, 1.165) is 0 Å². The third kappa shape index (κ3) is 4.14. The highest BCUT2D eigenvalue weighted by Gasteiger charge is 2.53. The lowest BCUT2D eigenvalue weighted by molar-refractivity contribution is -0.286. The first-order chi connectivity index (χ1) is 14.6. The number of carbonyl (C=O) groups excluding carboxylic acids is 1. The lowest BCUT2D eigenvalue weighted by Crippen LogP contribution is -2.28. The number of fused-ring (bicyclic) bond motifs is 1. The standard InChI is InChI=1S/C22H23F3N2O4/c1-3-14(28)11-26-16-10-15(23)17(8-12(16)2)27-20(29)21(6-7-21)13-4-5-18-19(9-13)31-22(24,25)30-18/h4-5,8-10,14,26,28H,3,6-7,11H2,1-2H3,(H,27,29)/t14-/m0/s1. The van der Waals surface area contributed by atoms with Gasteiger partial charge in [-0.25, -0.2) is 4.39 Å². The van der Waals surface area contributed by atoms with Gasteiger partial charge in [0.15, 0.2) is 11.5 Å². The van der Waals surface area contributed by atoms with Crippen molar-refractivity contribution >= 4 is 17.3 Å². The number of alkyl halides is 2. The topological polar surface area (TPSA) is 79.8 Å². The number of amides is 1. The predicted octanol–water partition coefficient (Wildman–Crippen LogP) is 4.31. The second-order valence-corrected chi connectivity index (χ2v) is 7.96. The first-order valence-corrected chi connectivity index (χ1v) is 10.1. The van der Waals surface area contributed by atoms with E-state index in [9.17, 15) is 23.1 Å². The average molecular weight is 436 g/mol. The number of nitrogens with one attached hydrogen (secondary N) is 2. The van der Waals surface area contributed by atoms with Crippen molar-refractivity contribution in [1.82, 2.24) is 0 Å². The van der Waals surface area contributed by atoms with Crippen LogP contribution in [0.4, 0.5) is 24.5 Å². The van der Waals surface area contributed by atoms with E-state index < -0.39 is 29.5 Å². The van der Waals surface area contributed by atoms with E-state index in [2.05, 4.69) is 20.1 Å². The summed E-state index contributed by atoms with van der Waals surface area (Å²) >= 11 is 0. The molecule has 0 unspecified atom stereocenters. The number of aliphatic hydroxyl groups excluding tert-OH is 1. The van der Waals surface area contributed by atoms with Crippen molar-refractivity contribution in [2.45, 2.75) is 50.9 Å². The summed E-state index contributed by atoms with van der Waals surface area (Å²) in [5, 5.41) is 15.3. The number of halogens is 3. The molecule has 2 aromatic rings. The Hall–Kier alpha value is -2.94. The highest BCUT2D eigenvalue weighted by molar-refractivity contribution is 6.01. The van der Waals surface area contributed by atoms with Crippen molar-refractivity contribution in [3.05, 3.63) is 47.3 Å². The maximum Gasteiger partial charge on any atom is 0.586 e. The first kappa shape index (κ1) is 21.3. The van der Waals surface area contributed by atoms with Crippen LogP contribution in [-0.4, -0.2) is 30.0 Å². The SMILES string of the molecule is CC[C@H](O)CNc1cc(F)c(NC(=O)C2(c3ccc4c(c3)OC(F)(F)O4)CC2)cc1C. The fourth-order valence-corrected chi connectivity index (χ4v) is 3.60. The Kier molecular flexibility index (Phi) is 5.25. The van der Waals surface area contributed by atoms with Crippen LogP contribution in [0.3, 0.4) is 0 Å². The molecular weight excluding hydrogens is 413 g/mol. The van der Waals surface area contributed by atoms with Crippen LogP contribution in [0.5, 0.6) is 11.5 Å². The minimum atomic E-state index is -3.73. The second kappa shape index (κ2) is 7.64. The van der Waals surface area contributed by atoms with Crippen molar-refractivity contribution in [3.63, 3.8) is 0 Å². The van der Waals surface area contributed by atoms with E-state index in [4.69, 9.17) is 0 Å². The fourth-order valence-electron chi connectivity index (χ4n) is 3.60. The van der Waals surface area contributed by atoms with E-state index in [1.807, 2.05) is 6.92 Å². The Morgan fingerprint density at radius 1 is 1.16 bits per heavy atom. The number of aliphatic hydroxyl groups is 1. The van der Waals surface area contributed by atoms with Gasteiger partial charge < -0.3 is 25.2 Å². The molecule has 1 amide bonds. The molecule has 166 valence electrons. The maximum atomic E-state index is 14.6. The number of carbonyl (C=O) groups is 1. The van der Waals surface area contributed by atoms with Crippen molar-refractivity contribution in [3.8, 4) is 11.5 Å². The van der Waals surface area contributed by atoms with Crippen molar-refractivity contribution in [2.24, 2.45) is 0 Å². The zero-order chi connectivity index (χ0) is 22.4. The molecule has 31 heavy (non-hydrogen) atoms. The van der Waals surface area contributed by atoms with E-state index >= 15 is 0 Å². The molecule has 9 heteroatoms. The zero-order valence-electron chi connectivity index (χ0n) is 17.1. The van der Waals surface area contributed by atoms with Crippen LogP contribution in [0.25, 0.3) is 0 Å². The van der Waals surface area contributed by atoms with Gasteiger partial charge in [0.25, 0.3) is 0 Å². The number of anilines is 2. The molecule has 2 aliphatic rings. The quantitative estimate of drug-likeness (QED) is 0.603. The lowest BCUT2D eigenvalue weighted by Gasteiger charge is -2.18.